The number of urea groups is 1. The van der Waals surface area contributed by atoms with Crippen LogP contribution < -0.4 is 5.32 Å². The predicted molar refractivity (Wildman–Crippen MR) is 150 cm³/mol. The number of hydrogen-bond donors (Lipinski definition) is 2. The van der Waals surface area contributed by atoms with Crippen LogP contribution in [-0.2, 0) is 11.2 Å². The highest BCUT2D eigenvalue weighted by molar-refractivity contribution is 6.35. The normalized spacial score (nSPS) is 14.9. The molecule has 0 saturated carbocycles. The van der Waals surface area contributed by atoms with Crippen molar-refractivity contribution in [2.24, 2.45) is 0 Å². The van der Waals surface area contributed by atoms with Crippen LogP contribution in [0.1, 0.15) is 40.0 Å². The molecule has 0 radical (unpaired) electrons. The summed E-state index contributed by atoms with van der Waals surface area (Å²) in [6.07, 6.45) is 6.02. The monoisotopic (exact) mass is 550 g/mol. The number of H-pyrrole nitrogens is 1. The van der Waals surface area contributed by atoms with E-state index in [9.17, 15) is 14.4 Å². The Kier molecular flexibility index (Phi) is 6.76. The van der Waals surface area contributed by atoms with Gasteiger partial charge in [0.15, 0.2) is 11.4 Å². The van der Waals surface area contributed by atoms with Crippen molar-refractivity contribution in [2.75, 3.05) is 6.54 Å². The molecule has 0 aliphatic carbocycles. The van der Waals surface area contributed by atoms with Crippen LogP contribution in [0.4, 0.5) is 4.79 Å². The van der Waals surface area contributed by atoms with Crippen molar-refractivity contribution in [2.45, 2.75) is 25.3 Å². The van der Waals surface area contributed by atoms with E-state index in [0.29, 0.717) is 40.3 Å². The predicted octanol–water partition coefficient (Wildman–Crippen LogP) is 4.39. The molecule has 5 aromatic rings. The van der Waals surface area contributed by atoms with Crippen LogP contribution in [-0.4, -0.2) is 54.8 Å². The molecule has 10 heteroatoms. The van der Waals surface area contributed by atoms with E-state index in [-0.39, 0.29) is 24.7 Å². The van der Waals surface area contributed by atoms with Crippen LogP contribution >= 0.6 is 11.6 Å². The highest BCUT2D eigenvalue weighted by atomic mass is 35.5. The summed E-state index contributed by atoms with van der Waals surface area (Å²) in [5.74, 6) is 5.74. The summed E-state index contributed by atoms with van der Waals surface area (Å²) in [4.78, 5) is 47.0. The summed E-state index contributed by atoms with van der Waals surface area (Å²) in [5.41, 5.74) is 4.26. The number of para-hydroxylation sites is 1. The molecule has 9 nitrogen and oxygen atoms in total. The summed E-state index contributed by atoms with van der Waals surface area (Å²) in [6.45, 7) is 0.160. The number of aromatic amines is 1. The number of rotatable bonds is 7. The zero-order chi connectivity index (χ0) is 27.6. The van der Waals surface area contributed by atoms with Crippen molar-refractivity contribution in [3.63, 3.8) is 0 Å². The third kappa shape index (κ3) is 4.93. The number of halogens is 1. The van der Waals surface area contributed by atoms with Gasteiger partial charge in [0.1, 0.15) is 11.7 Å². The SMILES string of the molecule is O=C(CCCN1C(=O)NC(Cc2c[nH]c3c(Cl)cccc23)C1=O)c1cccc(C#Cc2cnc3cccnn23)c1. The molecule has 1 unspecified atom stereocenters. The van der Waals surface area contributed by atoms with Gasteiger partial charge in [0.2, 0.25) is 0 Å². The maximum Gasteiger partial charge on any atom is 0.324 e. The molecule has 0 spiro atoms. The average Bonchev–Trinajstić information content (AvgIpc) is 3.65. The van der Waals surface area contributed by atoms with Crippen LogP contribution in [0.25, 0.3) is 16.6 Å². The smallest absolute Gasteiger partial charge is 0.324 e. The number of nitrogens with one attached hydrogen (secondary N) is 2. The first-order chi connectivity index (χ1) is 19.5. The van der Waals surface area contributed by atoms with E-state index in [4.69, 9.17) is 11.6 Å². The second-order valence-corrected chi connectivity index (χ2v) is 9.87. The second-order valence-electron chi connectivity index (χ2n) is 9.47. The van der Waals surface area contributed by atoms with Crippen molar-refractivity contribution in [3.8, 4) is 11.8 Å². The van der Waals surface area contributed by atoms with Gasteiger partial charge in [-0.3, -0.25) is 14.5 Å². The van der Waals surface area contributed by atoms with E-state index in [0.717, 1.165) is 16.5 Å². The number of imide groups is 1. The Bertz CT molecular complexity index is 1850. The van der Waals surface area contributed by atoms with Crippen LogP contribution in [0.3, 0.4) is 0 Å². The fraction of sp³-hybridized carbons (Fsp3) is 0.167. The van der Waals surface area contributed by atoms with Gasteiger partial charge < -0.3 is 10.3 Å². The van der Waals surface area contributed by atoms with E-state index in [1.807, 2.05) is 30.5 Å². The van der Waals surface area contributed by atoms with E-state index in [1.165, 1.54) is 4.90 Å². The third-order valence-corrected chi connectivity index (χ3v) is 7.18. The molecular weight excluding hydrogens is 528 g/mol. The molecule has 2 aromatic carbocycles. The molecule has 6 rings (SSSR count). The number of ketones is 1. The number of imidazole rings is 1. The van der Waals surface area contributed by atoms with Crippen LogP contribution in [0, 0.1) is 11.8 Å². The van der Waals surface area contributed by atoms with Gasteiger partial charge in [-0.15, -0.1) is 0 Å². The Morgan fingerprint density at radius 2 is 1.95 bits per heavy atom. The highest BCUT2D eigenvalue weighted by Crippen LogP contribution is 2.27. The zero-order valence-corrected chi connectivity index (χ0v) is 22.0. The Hall–Kier alpha value is -4.94. The summed E-state index contributed by atoms with van der Waals surface area (Å²) >= 11 is 6.24. The quantitative estimate of drug-likeness (QED) is 0.177. The topological polar surface area (TPSA) is 112 Å². The third-order valence-electron chi connectivity index (χ3n) is 6.86. The molecule has 40 heavy (non-hydrogen) atoms. The lowest BCUT2D eigenvalue weighted by atomic mass is 10.0. The van der Waals surface area contributed by atoms with E-state index in [1.54, 1.807) is 47.2 Å². The fourth-order valence-electron chi connectivity index (χ4n) is 4.85. The zero-order valence-electron chi connectivity index (χ0n) is 21.2. The van der Waals surface area contributed by atoms with Crippen molar-refractivity contribution in [1.82, 2.24) is 29.8 Å². The lowest BCUT2D eigenvalue weighted by Gasteiger charge is -2.12. The number of amides is 3. The van der Waals surface area contributed by atoms with E-state index >= 15 is 0 Å². The number of aromatic nitrogens is 4. The fourth-order valence-corrected chi connectivity index (χ4v) is 5.08. The van der Waals surface area contributed by atoms with Gasteiger partial charge in [-0.05, 0) is 48.2 Å². The molecule has 4 heterocycles. The first kappa shape index (κ1) is 25.3. The van der Waals surface area contributed by atoms with E-state index < -0.39 is 12.1 Å². The van der Waals surface area contributed by atoms with Gasteiger partial charge in [0.25, 0.3) is 5.91 Å². The molecule has 3 amide bonds. The summed E-state index contributed by atoms with van der Waals surface area (Å²) in [7, 11) is 0. The molecule has 1 atom stereocenters. The van der Waals surface area contributed by atoms with Gasteiger partial charge in [-0.2, -0.15) is 5.10 Å². The lowest BCUT2D eigenvalue weighted by molar-refractivity contribution is -0.127. The minimum Gasteiger partial charge on any atom is -0.360 e. The number of carbonyl (C=O) groups excluding carboxylic acids is 3. The van der Waals surface area contributed by atoms with Crippen molar-refractivity contribution in [3.05, 3.63) is 101 Å². The van der Waals surface area contributed by atoms with Gasteiger partial charge in [-0.1, -0.05) is 41.8 Å². The maximum atomic E-state index is 13.0. The average molecular weight is 551 g/mol. The second kappa shape index (κ2) is 10.7. The number of nitrogens with zero attached hydrogens (tertiary/aromatic N) is 4. The summed E-state index contributed by atoms with van der Waals surface area (Å²) in [5, 5.41) is 8.53. The van der Waals surface area contributed by atoms with Gasteiger partial charge in [0, 0.05) is 48.3 Å². The first-order valence-corrected chi connectivity index (χ1v) is 13.2. The lowest BCUT2D eigenvalue weighted by Crippen LogP contribution is -2.33. The number of benzene rings is 2. The molecule has 1 saturated heterocycles. The van der Waals surface area contributed by atoms with Gasteiger partial charge in [0.05, 0.1) is 16.7 Å². The molecule has 0 bridgehead atoms. The number of carbonyl (C=O) groups is 3. The Morgan fingerprint density at radius 3 is 2.85 bits per heavy atom. The molecule has 1 fully saturated rings. The van der Waals surface area contributed by atoms with Crippen molar-refractivity contribution in [1.29, 1.82) is 0 Å². The minimum atomic E-state index is -0.667. The summed E-state index contributed by atoms with van der Waals surface area (Å²) in [6, 6.07) is 15.2. The largest absolute Gasteiger partial charge is 0.360 e. The number of hydrogen-bond acceptors (Lipinski definition) is 5. The number of Topliss-reactive ketones (excluding diaryl/α,β-unsaturated/α-hetero) is 1. The highest BCUT2D eigenvalue weighted by Gasteiger charge is 2.37. The van der Waals surface area contributed by atoms with E-state index in [2.05, 4.69) is 32.2 Å². The molecule has 3 aromatic heterocycles. The first-order valence-electron chi connectivity index (χ1n) is 12.8. The summed E-state index contributed by atoms with van der Waals surface area (Å²) < 4.78 is 1.65. The minimum absolute atomic E-state index is 0.0839. The molecule has 2 N–H and O–H groups in total. The molecule has 1 aliphatic rings. The van der Waals surface area contributed by atoms with Crippen LogP contribution in [0.5, 0.6) is 0 Å². The Labute approximate surface area is 234 Å². The van der Waals surface area contributed by atoms with Gasteiger partial charge >= 0.3 is 6.03 Å². The Balaban J connectivity index is 1.06. The number of fused-ring (bicyclic) bond motifs is 2. The molecule has 1 aliphatic heterocycles. The van der Waals surface area contributed by atoms with Crippen LogP contribution in [0.2, 0.25) is 5.02 Å². The van der Waals surface area contributed by atoms with Gasteiger partial charge in [-0.25, -0.2) is 14.3 Å². The van der Waals surface area contributed by atoms with Crippen molar-refractivity contribution < 1.29 is 14.4 Å². The molecule has 198 valence electrons. The maximum absolute atomic E-state index is 13.0. The van der Waals surface area contributed by atoms with Crippen LogP contribution in [0.15, 0.2) is 73.2 Å². The molecular formula is C30H23ClN6O3. The standard InChI is InChI=1S/C30H23ClN6O3/c31-24-8-2-7-23-21(17-33-28(23)24)16-25-29(39)36(30(40)35-25)14-4-9-26(38)20-6-1-5-19(15-20)11-12-22-18-32-27-10-3-13-34-37(22)27/h1-3,5-8,10,13,15,17-18,25,33H,4,9,14,16H2,(H,35,40). The Morgan fingerprint density at radius 1 is 1.07 bits per heavy atom. The van der Waals surface area contributed by atoms with Crippen molar-refractivity contribution >= 4 is 45.9 Å².